The number of carbonyl (C=O) groups is 1. The van der Waals surface area contributed by atoms with Crippen LogP contribution in [0.1, 0.15) is 5.56 Å². The van der Waals surface area contributed by atoms with Gasteiger partial charge in [0.25, 0.3) is 0 Å². The van der Waals surface area contributed by atoms with Crippen molar-refractivity contribution in [2.75, 3.05) is 11.9 Å². The largest absolute Gasteiger partial charge is 0.338 e. The SMILES string of the molecule is O=C(NCCc1cccc(F)c1)Nc1ccc(-c2nccs2)cc1. The fourth-order valence-electron chi connectivity index (χ4n) is 2.25. The number of benzene rings is 2. The van der Waals surface area contributed by atoms with Crippen LogP contribution in [0.2, 0.25) is 0 Å². The summed E-state index contributed by atoms with van der Waals surface area (Å²) in [4.78, 5) is 16.1. The first-order valence-corrected chi connectivity index (χ1v) is 8.38. The van der Waals surface area contributed by atoms with Crippen molar-refractivity contribution in [2.24, 2.45) is 0 Å². The maximum atomic E-state index is 13.1. The number of carbonyl (C=O) groups excluding carboxylic acids is 1. The monoisotopic (exact) mass is 341 g/mol. The number of thiazole rings is 1. The predicted octanol–water partition coefficient (Wildman–Crippen LogP) is 4.31. The first-order chi connectivity index (χ1) is 11.7. The van der Waals surface area contributed by atoms with Gasteiger partial charge in [-0.1, -0.05) is 12.1 Å². The first kappa shape index (κ1) is 16.1. The number of halogens is 1. The lowest BCUT2D eigenvalue weighted by atomic mass is 10.1. The van der Waals surface area contributed by atoms with Crippen molar-refractivity contribution in [3.8, 4) is 10.6 Å². The molecule has 0 bridgehead atoms. The summed E-state index contributed by atoms with van der Waals surface area (Å²) in [6, 6.07) is 13.6. The number of hydrogen-bond donors (Lipinski definition) is 2. The van der Waals surface area contributed by atoms with Gasteiger partial charge in [0.05, 0.1) is 0 Å². The molecule has 0 spiro atoms. The van der Waals surface area contributed by atoms with E-state index in [0.717, 1.165) is 16.1 Å². The average molecular weight is 341 g/mol. The Morgan fingerprint density at radius 3 is 2.71 bits per heavy atom. The zero-order valence-electron chi connectivity index (χ0n) is 12.8. The van der Waals surface area contributed by atoms with Gasteiger partial charge in [-0.3, -0.25) is 0 Å². The Kier molecular flexibility index (Phi) is 5.18. The van der Waals surface area contributed by atoms with E-state index >= 15 is 0 Å². The molecule has 0 atom stereocenters. The Bertz CT molecular complexity index is 803. The molecule has 0 aliphatic heterocycles. The highest BCUT2D eigenvalue weighted by Gasteiger charge is 2.04. The third kappa shape index (κ3) is 4.39. The number of nitrogens with one attached hydrogen (secondary N) is 2. The fraction of sp³-hybridized carbons (Fsp3) is 0.111. The van der Waals surface area contributed by atoms with E-state index in [1.807, 2.05) is 35.7 Å². The summed E-state index contributed by atoms with van der Waals surface area (Å²) in [6.45, 7) is 0.437. The molecule has 0 fully saturated rings. The van der Waals surface area contributed by atoms with E-state index in [4.69, 9.17) is 0 Å². The van der Waals surface area contributed by atoms with Crippen LogP contribution in [-0.4, -0.2) is 17.6 Å². The Morgan fingerprint density at radius 1 is 1.17 bits per heavy atom. The molecule has 4 nitrogen and oxygen atoms in total. The predicted molar refractivity (Wildman–Crippen MR) is 94.7 cm³/mol. The third-order valence-electron chi connectivity index (χ3n) is 3.41. The number of amides is 2. The van der Waals surface area contributed by atoms with E-state index in [0.29, 0.717) is 18.7 Å². The van der Waals surface area contributed by atoms with Crippen molar-refractivity contribution < 1.29 is 9.18 Å². The summed E-state index contributed by atoms with van der Waals surface area (Å²) in [5.74, 6) is -0.266. The van der Waals surface area contributed by atoms with Gasteiger partial charge in [-0.25, -0.2) is 14.2 Å². The van der Waals surface area contributed by atoms with Gasteiger partial charge >= 0.3 is 6.03 Å². The van der Waals surface area contributed by atoms with Crippen LogP contribution in [-0.2, 0) is 6.42 Å². The van der Waals surface area contributed by atoms with Crippen LogP contribution in [0, 0.1) is 5.82 Å². The van der Waals surface area contributed by atoms with E-state index in [-0.39, 0.29) is 11.8 Å². The topological polar surface area (TPSA) is 54.0 Å². The van der Waals surface area contributed by atoms with Gasteiger partial charge in [0.2, 0.25) is 0 Å². The standard InChI is InChI=1S/C18H16FN3OS/c19-15-3-1-2-13(12-15)8-9-21-18(23)22-16-6-4-14(5-7-16)17-20-10-11-24-17/h1-7,10-12H,8-9H2,(H2,21,22,23). The summed E-state index contributed by atoms with van der Waals surface area (Å²) < 4.78 is 13.1. The van der Waals surface area contributed by atoms with Gasteiger partial charge in [-0.2, -0.15) is 0 Å². The van der Waals surface area contributed by atoms with Crippen molar-refractivity contribution in [3.63, 3.8) is 0 Å². The number of urea groups is 1. The van der Waals surface area contributed by atoms with Gasteiger partial charge in [-0.05, 0) is 48.4 Å². The first-order valence-electron chi connectivity index (χ1n) is 7.50. The van der Waals surface area contributed by atoms with Gasteiger partial charge in [0.1, 0.15) is 10.8 Å². The molecule has 3 rings (SSSR count). The summed E-state index contributed by atoms with van der Waals surface area (Å²) in [7, 11) is 0. The zero-order valence-corrected chi connectivity index (χ0v) is 13.6. The average Bonchev–Trinajstić information content (AvgIpc) is 3.10. The van der Waals surface area contributed by atoms with Gasteiger partial charge in [0.15, 0.2) is 0 Å². The molecule has 3 aromatic rings. The van der Waals surface area contributed by atoms with Crippen molar-refractivity contribution >= 4 is 23.1 Å². The molecule has 0 radical (unpaired) electrons. The molecule has 1 heterocycles. The lowest BCUT2D eigenvalue weighted by Gasteiger charge is -2.08. The minimum Gasteiger partial charge on any atom is -0.338 e. The number of nitrogens with zero attached hydrogens (tertiary/aromatic N) is 1. The van der Waals surface area contributed by atoms with E-state index in [1.54, 1.807) is 23.6 Å². The summed E-state index contributed by atoms with van der Waals surface area (Å²) in [5, 5.41) is 8.40. The van der Waals surface area contributed by atoms with Crippen LogP contribution in [0.3, 0.4) is 0 Å². The Labute approximate surface area is 143 Å². The highest BCUT2D eigenvalue weighted by atomic mass is 32.1. The molecule has 0 aliphatic carbocycles. The molecule has 0 aliphatic rings. The summed E-state index contributed by atoms with van der Waals surface area (Å²) in [5.41, 5.74) is 2.57. The van der Waals surface area contributed by atoms with Crippen LogP contribution < -0.4 is 10.6 Å². The Hall–Kier alpha value is -2.73. The lowest BCUT2D eigenvalue weighted by molar-refractivity contribution is 0.252. The minimum absolute atomic E-state index is 0.266. The van der Waals surface area contributed by atoms with Crippen LogP contribution >= 0.6 is 11.3 Å². The maximum absolute atomic E-state index is 13.1. The zero-order chi connectivity index (χ0) is 16.8. The van der Waals surface area contributed by atoms with Crippen LogP contribution in [0.25, 0.3) is 10.6 Å². The van der Waals surface area contributed by atoms with Crippen molar-refractivity contribution in [2.45, 2.75) is 6.42 Å². The summed E-state index contributed by atoms with van der Waals surface area (Å²) >= 11 is 1.57. The van der Waals surface area contributed by atoms with E-state index in [9.17, 15) is 9.18 Å². The number of anilines is 1. The number of rotatable bonds is 5. The van der Waals surface area contributed by atoms with Crippen LogP contribution in [0.4, 0.5) is 14.9 Å². The molecule has 0 saturated heterocycles. The molecule has 2 N–H and O–H groups in total. The van der Waals surface area contributed by atoms with Crippen molar-refractivity contribution in [1.29, 1.82) is 0 Å². The van der Waals surface area contributed by atoms with E-state index in [2.05, 4.69) is 15.6 Å². The van der Waals surface area contributed by atoms with Crippen molar-refractivity contribution in [3.05, 3.63) is 71.5 Å². The van der Waals surface area contributed by atoms with Gasteiger partial charge < -0.3 is 10.6 Å². The highest BCUT2D eigenvalue weighted by Crippen LogP contribution is 2.23. The minimum atomic E-state index is -0.284. The molecule has 2 amide bonds. The third-order valence-corrected chi connectivity index (χ3v) is 4.23. The fourth-order valence-corrected chi connectivity index (χ4v) is 2.89. The van der Waals surface area contributed by atoms with Crippen molar-refractivity contribution in [1.82, 2.24) is 10.3 Å². The van der Waals surface area contributed by atoms with Gasteiger partial charge in [0, 0.05) is 29.4 Å². The molecular weight excluding hydrogens is 325 g/mol. The molecule has 0 saturated carbocycles. The lowest BCUT2D eigenvalue weighted by Crippen LogP contribution is -2.30. The maximum Gasteiger partial charge on any atom is 0.319 e. The number of hydrogen-bond acceptors (Lipinski definition) is 3. The van der Waals surface area contributed by atoms with Gasteiger partial charge in [-0.15, -0.1) is 11.3 Å². The molecule has 0 unspecified atom stereocenters. The summed E-state index contributed by atoms with van der Waals surface area (Å²) in [6.07, 6.45) is 2.34. The Morgan fingerprint density at radius 2 is 2.00 bits per heavy atom. The molecule has 2 aromatic carbocycles. The molecule has 24 heavy (non-hydrogen) atoms. The second-order valence-electron chi connectivity index (χ2n) is 5.18. The van der Waals surface area contributed by atoms with Crippen LogP contribution in [0.5, 0.6) is 0 Å². The molecule has 1 aromatic heterocycles. The quantitative estimate of drug-likeness (QED) is 0.726. The molecule has 6 heteroatoms. The second kappa shape index (κ2) is 7.70. The highest BCUT2D eigenvalue weighted by molar-refractivity contribution is 7.13. The Balaban J connectivity index is 1.48. The van der Waals surface area contributed by atoms with Crippen LogP contribution in [0.15, 0.2) is 60.1 Å². The normalized spacial score (nSPS) is 10.4. The molecule has 122 valence electrons. The van der Waals surface area contributed by atoms with E-state index in [1.165, 1.54) is 12.1 Å². The number of aromatic nitrogens is 1. The second-order valence-corrected chi connectivity index (χ2v) is 6.07. The van der Waals surface area contributed by atoms with E-state index < -0.39 is 0 Å². The smallest absolute Gasteiger partial charge is 0.319 e. The molecular formula is C18H16FN3OS.